The second-order valence-corrected chi connectivity index (χ2v) is 6.53. The van der Waals surface area contributed by atoms with Gasteiger partial charge in [-0.15, -0.1) is 0 Å². The summed E-state index contributed by atoms with van der Waals surface area (Å²) in [5.41, 5.74) is 1.21. The first-order valence-electron chi connectivity index (χ1n) is 7.23. The van der Waals surface area contributed by atoms with E-state index in [4.69, 9.17) is 10.00 Å². The number of aromatic nitrogens is 1. The number of rotatable bonds is 3. The third-order valence-corrected chi connectivity index (χ3v) is 4.33. The van der Waals surface area contributed by atoms with E-state index in [-0.39, 0.29) is 12.0 Å². The number of likely N-dealkylation sites (tertiary alicyclic amines) is 1. The second kappa shape index (κ2) is 6.96. The predicted molar refractivity (Wildman–Crippen MR) is 93.0 cm³/mol. The molecule has 1 atom stereocenters. The van der Waals surface area contributed by atoms with Crippen molar-refractivity contribution in [3.8, 4) is 11.9 Å². The normalized spacial score (nSPS) is 16.9. The molecule has 0 saturated carbocycles. The van der Waals surface area contributed by atoms with Gasteiger partial charge in [-0.25, -0.2) is 4.98 Å². The van der Waals surface area contributed by atoms with Crippen LogP contribution in [-0.4, -0.2) is 35.0 Å². The number of benzene rings is 1. The van der Waals surface area contributed by atoms with Gasteiger partial charge in [0, 0.05) is 34.4 Å². The van der Waals surface area contributed by atoms with Gasteiger partial charge in [-0.2, -0.15) is 5.26 Å². The molecule has 0 aliphatic carbocycles. The van der Waals surface area contributed by atoms with Crippen molar-refractivity contribution in [3.05, 3.63) is 57.3 Å². The lowest BCUT2D eigenvalue weighted by Gasteiger charge is -2.17. The van der Waals surface area contributed by atoms with Crippen LogP contribution in [0.5, 0.6) is 5.88 Å². The van der Waals surface area contributed by atoms with Crippen LogP contribution in [0.1, 0.15) is 22.3 Å². The van der Waals surface area contributed by atoms with Crippen LogP contribution >= 0.6 is 22.6 Å². The molecule has 0 N–H and O–H groups in total. The fourth-order valence-electron chi connectivity index (χ4n) is 2.53. The molecule has 3 rings (SSSR count). The van der Waals surface area contributed by atoms with Crippen molar-refractivity contribution in [3.63, 3.8) is 0 Å². The Balaban J connectivity index is 1.64. The molecule has 1 aromatic heterocycles. The highest BCUT2D eigenvalue weighted by molar-refractivity contribution is 14.1. The van der Waals surface area contributed by atoms with Crippen molar-refractivity contribution in [1.82, 2.24) is 9.88 Å². The number of hydrogen-bond acceptors (Lipinski definition) is 4. The van der Waals surface area contributed by atoms with E-state index in [1.54, 1.807) is 23.2 Å². The predicted octanol–water partition coefficient (Wildman–Crippen LogP) is 2.85. The third kappa shape index (κ3) is 3.79. The zero-order chi connectivity index (χ0) is 16.2. The molecular formula is C17H14IN3O2. The van der Waals surface area contributed by atoms with E-state index in [0.717, 1.165) is 9.99 Å². The van der Waals surface area contributed by atoms with E-state index < -0.39 is 0 Å². The number of halogens is 1. The maximum Gasteiger partial charge on any atom is 0.254 e. The van der Waals surface area contributed by atoms with Crippen molar-refractivity contribution in [2.75, 3.05) is 13.1 Å². The number of carbonyl (C=O) groups is 1. The minimum atomic E-state index is -0.0943. The Morgan fingerprint density at radius 2 is 2.26 bits per heavy atom. The summed E-state index contributed by atoms with van der Waals surface area (Å²) >= 11 is 2.20. The molecule has 116 valence electrons. The molecule has 0 bridgehead atoms. The molecule has 1 aromatic carbocycles. The number of hydrogen-bond donors (Lipinski definition) is 0. The van der Waals surface area contributed by atoms with Crippen LogP contribution < -0.4 is 4.74 Å². The van der Waals surface area contributed by atoms with Gasteiger partial charge < -0.3 is 9.64 Å². The second-order valence-electron chi connectivity index (χ2n) is 5.28. The lowest BCUT2D eigenvalue weighted by molar-refractivity contribution is 0.0771. The SMILES string of the molecule is N#Cc1ccnc(OC2CCN(C(=O)c3cccc(I)c3)C2)c1. The number of ether oxygens (including phenoxy) is 1. The molecule has 0 radical (unpaired) electrons. The Morgan fingerprint density at radius 3 is 3.04 bits per heavy atom. The standard InChI is InChI=1S/C17H14IN3O2/c18-14-3-1-2-13(9-14)17(22)21-7-5-15(11-21)23-16-8-12(10-19)4-6-20-16/h1-4,6,8-9,15H,5,7,11H2. The van der Waals surface area contributed by atoms with Gasteiger partial charge >= 0.3 is 0 Å². The zero-order valence-electron chi connectivity index (χ0n) is 12.3. The smallest absolute Gasteiger partial charge is 0.254 e. The molecule has 1 aliphatic rings. The van der Waals surface area contributed by atoms with Crippen molar-refractivity contribution in [2.24, 2.45) is 0 Å². The van der Waals surface area contributed by atoms with E-state index in [1.807, 2.05) is 24.3 Å². The molecule has 0 spiro atoms. The van der Waals surface area contributed by atoms with Gasteiger partial charge in [-0.3, -0.25) is 4.79 Å². The minimum absolute atomic E-state index is 0.0216. The molecule has 23 heavy (non-hydrogen) atoms. The lowest BCUT2D eigenvalue weighted by Crippen LogP contribution is -2.31. The fraction of sp³-hybridized carbons (Fsp3) is 0.235. The van der Waals surface area contributed by atoms with Crippen molar-refractivity contribution < 1.29 is 9.53 Å². The molecule has 5 nitrogen and oxygen atoms in total. The highest BCUT2D eigenvalue weighted by atomic mass is 127. The van der Waals surface area contributed by atoms with Gasteiger partial charge in [-0.05, 0) is 46.9 Å². The topological polar surface area (TPSA) is 66.2 Å². The maximum absolute atomic E-state index is 12.5. The molecule has 2 heterocycles. The van der Waals surface area contributed by atoms with Gasteiger partial charge in [0.05, 0.1) is 18.2 Å². The summed E-state index contributed by atoms with van der Waals surface area (Å²) in [5.74, 6) is 0.450. The van der Waals surface area contributed by atoms with Crippen LogP contribution in [0.15, 0.2) is 42.6 Å². The summed E-state index contributed by atoms with van der Waals surface area (Å²) in [5, 5.41) is 8.90. The summed E-state index contributed by atoms with van der Waals surface area (Å²) < 4.78 is 6.84. The lowest BCUT2D eigenvalue weighted by atomic mass is 10.2. The van der Waals surface area contributed by atoms with Gasteiger partial charge in [0.15, 0.2) is 0 Å². The van der Waals surface area contributed by atoms with Crippen LogP contribution in [0.2, 0.25) is 0 Å². The Morgan fingerprint density at radius 1 is 1.39 bits per heavy atom. The Kier molecular flexibility index (Phi) is 4.76. The first-order chi connectivity index (χ1) is 11.2. The number of carbonyl (C=O) groups excluding carboxylic acids is 1. The van der Waals surface area contributed by atoms with Crippen LogP contribution in [-0.2, 0) is 0 Å². The van der Waals surface area contributed by atoms with E-state index in [9.17, 15) is 4.79 Å². The highest BCUT2D eigenvalue weighted by Gasteiger charge is 2.28. The first-order valence-corrected chi connectivity index (χ1v) is 8.31. The maximum atomic E-state index is 12.5. The quantitative estimate of drug-likeness (QED) is 0.718. The van der Waals surface area contributed by atoms with E-state index >= 15 is 0 Å². The molecule has 1 fully saturated rings. The molecule has 1 amide bonds. The largest absolute Gasteiger partial charge is 0.472 e. The van der Waals surface area contributed by atoms with Gasteiger partial charge in [-0.1, -0.05) is 6.07 Å². The van der Waals surface area contributed by atoms with Gasteiger partial charge in [0.2, 0.25) is 5.88 Å². The Hall–Kier alpha value is -2.14. The average molecular weight is 419 g/mol. The molecule has 2 aromatic rings. The monoisotopic (exact) mass is 419 g/mol. The van der Waals surface area contributed by atoms with Crippen molar-refractivity contribution in [2.45, 2.75) is 12.5 Å². The number of nitriles is 1. The van der Waals surface area contributed by atoms with Crippen LogP contribution in [0.3, 0.4) is 0 Å². The molecule has 6 heteroatoms. The Bertz CT molecular complexity index is 772. The molecule has 1 saturated heterocycles. The minimum Gasteiger partial charge on any atom is -0.472 e. The van der Waals surface area contributed by atoms with E-state index in [1.165, 1.54) is 0 Å². The summed E-state index contributed by atoms with van der Waals surface area (Å²) in [6.45, 7) is 1.19. The van der Waals surface area contributed by atoms with Gasteiger partial charge in [0.25, 0.3) is 5.91 Å². The van der Waals surface area contributed by atoms with Crippen molar-refractivity contribution in [1.29, 1.82) is 5.26 Å². The Labute approximate surface area is 148 Å². The van der Waals surface area contributed by atoms with Crippen LogP contribution in [0.4, 0.5) is 0 Å². The number of nitrogens with zero attached hydrogens (tertiary/aromatic N) is 3. The van der Waals surface area contributed by atoms with Crippen molar-refractivity contribution >= 4 is 28.5 Å². The third-order valence-electron chi connectivity index (χ3n) is 3.66. The summed E-state index contributed by atoms with van der Waals surface area (Å²) in [7, 11) is 0. The zero-order valence-corrected chi connectivity index (χ0v) is 14.4. The summed E-state index contributed by atoms with van der Waals surface area (Å²) in [4.78, 5) is 18.4. The van der Waals surface area contributed by atoms with E-state index in [0.29, 0.717) is 30.1 Å². The average Bonchev–Trinajstić information content (AvgIpc) is 3.03. The van der Waals surface area contributed by atoms with Crippen LogP contribution in [0, 0.1) is 14.9 Å². The molecule has 1 unspecified atom stereocenters. The van der Waals surface area contributed by atoms with E-state index in [2.05, 4.69) is 33.6 Å². The summed E-state index contributed by atoms with van der Waals surface area (Å²) in [6.07, 6.45) is 2.22. The first kappa shape index (κ1) is 15.7. The number of amides is 1. The summed E-state index contributed by atoms with van der Waals surface area (Å²) in [6, 6.07) is 12.9. The molecular weight excluding hydrogens is 405 g/mol. The van der Waals surface area contributed by atoms with Crippen LogP contribution in [0.25, 0.3) is 0 Å². The number of pyridine rings is 1. The highest BCUT2D eigenvalue weighted by Crippen LogP contribution is 2.19. The molecule has 1 aliphatic heterocycles. The van der Waals surface area contributed by atoms with Gasteiger partial charge in [0.1, 0.15) is 6.10 Å². The fourth-order valence-corrected chi connectivity index (χ4v) is 3.07.